The maximum atomic E-state index is 10.7. The second kappa shape index (κ2) is 3.38. The number of benzene rings is 1. The van der Waals surface area contributed by atoms with E-state index < -0.39 is 0 Å². The molecule has 0 fully saturated rings. The van der Waals surface area contributed by atoms with Gasteiger partial charge >= 0.3 is 0 Å². The summed E-state index contributed by atoms with van der Waals surface area (Å²) in [6.07, 6.45) is 0.537. The number of ether oxygens (including phenoxy) is 2. The van der Waals surface area contributed by atoms with Crippen LogP contribution in [0.5, 0.6) is 17.2 Å². The molecule has 1 aliphatic rings. The largest absolute Gasteiger partial charge is 0.506 e. The maximum absolute atomic E-state index is 10.7. The number of halogens is 1. The fourth-order valence-corrected chi connectivity index (χ4v) is 1.47. The quantitative estimate of drug-likeness (QED) is 0.722. The summed E-state index contributed by atoms with van der Waals surface area (Å²) in [5.74, 6) is 0.465. The molecule has 2 rings (SSSR count). The Kier molecular flexibility index (Phi) is 2.21. The highest BCUT2D eigenvalue weighted by Crippen LogP contribution is 2.42. The lowest BCUT2D eigenvalue weighted by atomic mass is 10.2. The molecule has 0 bridgehead atoms. The smallest absolute Gasteiger partial charge is 0.173 e. The first kappa shape index (κ1) is 9.15. The van der Waals surface area contributed by atoms with Crippen LogP contribution in [0.15, 0.2) is 6.07 Å². The van der Waals surface area contributed by atoms with Crippen LogP contribution in [0.3, 0.4) is 0 Å². The first-order valence-corrected chi connectivity index (χ1v) is 4.38. The van der Waals surface area contributed by atoms with Gasteiger partial charge in [-0.2, -0.15) is 0 Å². The molecule has 0 spiro atoms. The van der Waals surface area contributed by atoms with Gasteiger partial charge in [0.25, 0.3) is 0 Å². The van der Waals surface area contributed by atoms with Gasteiger partial charge in [0.15, 0.2) is 17.8 Å². The van der Waals surface area contributed by atoms with Crippen molar-refractivity contribution in [1.82, 2.24) is 0 Å². The van der Waals surface area contributed by atoms with Crippen molar-refractivity contribution in [3.63, 3.8) is 0 Å². The number of aldehydes is 1. The van der Waals surface area contributed by atoms with Crippen LogP contribution in [0.1, 0.15) is 10.4 Å². The van der Waals surface area contributed by atoms with Gasteiger partial charge in [0.1, 0.15) is 19.0 Å². The molecular formula is C9H7ClO4. The van der Waals surface area contributed by atoms with Gasteiger partial charge in [-0.05, 0) is 0 Å². The molecule has 1 aliphatic heterocycles. The van der Waals surface area contributed by atoms with Crippen molar-refractivity contribution >= 4 is 17.9 Å². The molecule has 0 amide bonds. The van der Waals surface area contributed by atoms with Crippen molar-refractivity contribution in [3.05, 3.63) is 16.7 Å². The average Bonchev–Trinajstić information content (AvgIpc) is 2.20. The van der Waals surface area contributed by atoms with Gasteiger partial charge in [0.05, 0.1) is 10.6 Å². The van der Waals surface area contributed by atoms with E-state index in [2.05, 4.69) is 0 Å². The summed E-state index contributed by atoms with van der Waals surface area (Å²) < 4.78 is 10.4. The maximum Gasteiger partial charge on any atom is 0.173 e. The standard InChI is InChI=1S/C9H7ClO4/c10-8-5(4-11)9-7(3-6(8)12)13-1-2-14-9/h3-4,12H,1-2H2. The number of phenolic OH excluding ortho intramolecular Hbond substituents is 1. The Hall–Kier alpha value is -1.42. The van der Waals surface area contributed by atoms with Crippen LogP contribution in [0.4, 0.5) is 0 Å². The van der Waals surface area contributed by atoms with E-state index in [4.69, 9.17) is 21.1 Å². The van der Waals surface area contributed by atoms with Crippen LogP contribution in [0, 0.1) is 0 Å². The van der Waals surface area contributed by atoms with E-state index >= 15 is 0 Å². The second-order valence-corrected chi connectivity index (χ2v) is 3.14. The number of carbonyl (C=O) groups excluding carboxylic acids is 1. The van der Waals surface area contributed by atoms with Crippen molar-refractivity contribution in [2.75, 3.05) is 13.2 Å². The highest BCUT2D eigenvalue weighted by molar-refractivity contribution is 6.34. The van der Waals surface area contributed by atoms with Crippen molar-refractivity contribution < 1.29 is 19.4 Å². The van der Waals surface area contributed by atoms with Crippen LogP contribution in [0.2, 0.25) is 5.02 Å². The Morgan fingerprint density at radius 2 is 2.14 bits per heavy atom. The predicted molar refractivity (Wildman–Crippen MR) is 49.5 cm³/mol. The Morgan fingerprint density at radius 1 is 1.43 bits per heavy atom. The molecule has 1 heterocycles. The highest BCUT2D eigenvalue weighted by atomic mass is 35.5. The lowest BCUT2D eigenvalue weighted by molar-refractivity contribution is 0.111. The van der Waals surface area contributed by atoms with Gasteiger partial charge in [-0.25, -0.2) is 0 Å². The molecule has 4 nitrogen and oxygen atoms in total. The minimum atomic E-state index is -0.182. The van der Waals surface area contributed by atoms with Crippen LogP contribution in [-0.2, 0) is 0 Å². The van der Waals surface area contributed by atoms with Gasteiger partial charge in [0.2, 0.25) is 0 Å². The molecule has 0 saturated carbocycles. The first-order valence-electron chi connectivity index (χ1n) is 4.00. The zero-order valence-corrected chi connectivity index (χ0v) is 7.87. The van der Waals surface area contributed by atoms with E-state index in [9.17, 15) is 9.90 Å². The van der Waals surface area contributed by atoms with Gasteiger partial charge in [-0.15, -0.1) is 0 Å². The fraction of sp³-hybridized carbons (Fsp3) is 0.222. The number of rotatable bonds is 1. The van der Waals surface area contributed by atoms with Crippen LogP contribution < -0.4 is 9.47 Å². The summed E-state index contributed by atoms with van der Waals surface area (Å²) in [6, 6.07) is 1.34. The molecule has 14 heavy (non-hydrogen) atoms. The summed E-state index contributed by atoms with van der Waals surface area (Å²) in [6.45, 7) is 0.765. The third-order valence-electron chi connectivity index (χ3n) is 1.90. The Morgan fingerprint density at radius 3 is 2.86 bits per heavy atom. The van der Waals surface area contributed by atoms with E-state index in [0.29, 0.717) is 31.0 Å². The van der Waals surface area contributed by atoms with E-state index in [1.54, 1.807) is 0 Å². The van der Waals surface area contributed by atoms with Crippen molar-refractivity contribution in [1.29, 1.82) is 0 Å². The Balaban J connectivity index is 2.65. The number of hydrogen-bond donors (Lipinski definition) is 1. The van der Waals surface area contributed by atoms with Crippen LogP contribution in [-0.4, -0.2) is 24.6 Å². The molecule has 0 radical (unpaired) electrons. The molecule has 1 aromatic rings. The lowest BCUT2D eigenvalue weighted by Gasteiger charge is -2.20. The minimum Gasteiger partial charge on any atom is -0.506 e. The molecule has 1 aromatic carbocycles. The number of phenols is 1. The molecule has 0 atom stereocenters. The topological polar surface area (TPSA) is 55.8 Å². The van der Waals surface area contributed by atoms with Gasteiger partial charge in [0, 0.05) is 6.07 Å². The van der Waals surface area contributed by atoms with Crippen molar-refractivity contribution in [3.8, 4) is 17.2 Å². The molecule has 1 N–H and O–H groups in total. The first-order chi connectivity index (χ1) is 6.74. The Bertz CT molecular complexity index is 389. The summed E-state index contributed by atoms with van der Waals surface area (Å²) in [4.78, 5) is 10.7. The van der Waals surface area contributed by atoms with Gasteiger partial charge < -0.3 is 14.6 Å². The van der Waals surface area contributed by atoms with E-state index in [-0.39, 0.29) is 16.3 Å². The Labute approximate surface area is 85.0 Å². The van der Waals surface area contributed by atoms with E-state index in [1.807, 2.05) is 0 Å². The second-order valence-electron chi connectivity index (χ2n) is 2.77. The molecule has 0 aromatic heterocycles. The van der Waals surface area contributed by atoms with Crippen molar-refractivity contribution in [2.24, 2.45) is 0 Å². The normalized spacial score (nSPS) is 13.8. The third kappa shape index (κ3) is 1.28. The monoisotopic (exact) mass is 214 g/mol. The van der Waals surface area contributed by atoms with Crippen molar-refractivity contribution in [2.45, 2.75) is 0 Å². The highest BCUT2D eigenvalue weighted by Gasteiger charge is 2.21. The SMILES string of the molecule is O=Cc1c(Cl)c(O)cc2c1OCCO2. The zero-order chi connectivity index (χ0) is 10.1. The summed E-state index contributed by atoms with van der Waals surface area (Å²) >= 11 is 5.71. The molecule has 0 aliphatic carbocycles. The van der Waals surface area contributed by atoms with Crippen LogP contribution in [0.25, 0.3) is 0 Å². The number of carbonyl (C=O) groups is 1. The predicted octanol–water partition coefficient (Wildman–Crippen LogP) is 1.63. The van der Waals surface area contributed by atoms with Crippen LogP contribution >= 0.6 is 11.6 Å². The van der Waals surface area contributed by atoms with E-state index in [0.717, 1.165) is 0 Å². The summed E-state index contributed by atoms with van der Waals surface area (Å²) in [7, 11) is 0. The average molecular weight is 215 g/mol. The minimum absolute atomic E-state index is 0.00995. The molecular weight excluding hydrogens is 208 g/mol. The van der Waals surface area contributed by atoms with Gasteiger partial charge in [-0.1, -0.05) is 11.6 Å². The molecule has 0 unspecified atom stereocenters. The summed E-state index contributed by atoms with van der Waals surface area (Å²) in [5.41, 5.74) is 0.126. The number of aromatic hydroxyl groups is 1. The number of hydrogen-bond acceptors (Lipinski definition) is 4. The number of fused-ring (bicyclic) bond motifs is 1. The fourth-order valence-electron chi connectivity index (χ4n) is 1.28. The lowest BCUT2D eigenvalue weighted by Crippen LogP contribution is -2.16. The van der Waals surface area contributed by atoms with E-state index in [1.165, 1.54) is 6.07 Å². The molecule has 5 heteroatoms. The third-order valence-corrected chi connectivity index (χ3v) is 2.30. The molecule has 0 saturated heterocycles. The van der Waals surface area contributed by atoms with Gasteiger partial charge in [-0.3, -0.25) is 4.79 Å². The molecule has 74 valence electrons. The zero-order valence-electron chi connectivity index (χ0n) is 7.12. The summed E-state index contributed by atoms with van der Waals surface area (Å²) in [5, 5.41) is 9.35.